The summed E-state index contributed by atoms with van der Waals surface area (Å²) in [5.74, 6) is -1.70. The molecule has 4 rings (SSSR count). The van der Waals surface area contributed by atoms with E-state index in [9.17, 15) is 27.9 Å². The van der Waals surface area contributed by atoms with Gasteiger partial charge in [0.05, 0.1) is 17.4 Å². The number of hydrogen-bond donors (Lipinski definition) is 3. The SMILES string of the molecule is NC(=O)CCNC(=O)[C@H](O)c1ccc(-c2noc(-c3cnn(-c4ccccc4)c3C(F)(F)F)n2)cc1. The monoisotopic (exact) mass is 500 g/mol. The maximum atomic E-state index is 13.9. The second kappa shape index (κ2) is 10.00. The zero-order valence-corrected chi connectivity index (χ0v) is 18.4. The Morgan fingerprint density at radius 2 is 1.81 bits per heavy atom. The highest BCUT2D eigenvalue weighted by Crippen LogP contribution is 2.38. The van der Waals surface area contributed by atoms with Crippen LogP contribution in [-0.2, 0) is 15.8 Å². The number of nitrogens with two attached hydrogens (primary N) is 1. The van der Waals surface area contributed by atoms with E-state index in [1.807, 2.05) is 0 Å². The van der Waals surface area contributed by atoms with Crippen LogP contribution < -0.4 is 11.1 Å². The molecule has 2 amide bonds. The lowest BCUT2D eigenvalue weighted by Gasteiger charge is -2.11. The van der Waals surface area contributed by atoms with Crippen molar-refractivity contribution in [1.82, 2.24) is 25.2 Å². The van der Waals surface area contributed by atoms with Crippen molar-refractivity contribution < 1.29 is 32.4 Å². The summed E-state index contributed by atoms with van der Waals surface area (Å²) in [6.07, 6.45) is -5.33. The molecule has 10 nitrogen and oxygen atoms in total. The average molecular weight is 500 g/mol. The molecule has 0 saturated heterocycles. The Hall–Kier alpha value is -4.52. The van der Waals surface area contributed by atoms with Crippen LogP contribution in [0.4, 0.5) is 13.2 Å². The van der Waals surface area contributed by atoms with Crippen LogP contribution in [0.25, 0.3) is 28.5 Å². The highest BCUT2D eigenvalue weighted by molar-refractivity contribution is 5.83. The van der Waals surface area contributed by atoms with E-state index >= 15 is 0 Å². The van der Waals surface area contributed by atoms with Crippen molar-refractivity contribution in [3.05, 3.63) is 72.1 Å². The molecule has 1 atom stereocenters. The third-order valence-electron chi connectivity index (χ3n) is 5.10. The molecule has 4 N–H and O–H groups in total. The average Bonchev–Trinajstić information content (AvgIpc) is 3.51. The Kier molecular flexibility index (Phi) is 6.83. The predicted octanol–water partition coefficient (Wildman–Crippen LogP) is 2.63. The lowest BCUT2D eigenvalue weighted by Crippen LogP contribution is -2.32. The van der Waals surface area contributed by atoms with Gasteiger partial charge in [0.2, 0.25) is 11.7 Å². The number of aliphatic hydroxyl groups excluding tert-OH is 1. The number of carbonyl (C=O) groups excluding carboxylic acids is 2. The molecular formula is C23H19F3N6O4. The molecule has 36 heavy (non-hydrogen) atoms. The van der Waals surface area contributed by atoms with Gasteiger partial charge in [-0.2, -0.15) is 23.3 Å². The number of aromatic nitrogens is 4. The van der Waals surface area contributed by atoms with E-state index in [-0.39, 0.29) is 41.5 Å². The number of primary amides is 1. The van der Waals surface area contributed by atoms with Gasteiger partial charge in [-0.25, -0.2) is 4.68 Å². The first kappa shape index (κ1) is 24.6. The van der Waals surface area contributed by atoms with E-state index in [2.05, 4.69) is 20.6 Å². The van der Waals surface area contributed by atoms with Gasteiger partial charge >= 0.3 is 6.18 Å². The smallest absolute Gasteiger partial charge is 0.378 e. The fourth-order valence-corrected chi connectivity index (χ4v) is 3.36. The van der Waals surface area contributed by atoms with E-state index in [1.165, 1.54) is 36.4 Å². The number of alkyl halides is 3. The molecule has 0 radical (unpaired) electrons. The molecule has 0 unspecified atom stereocenters. The Bertz CT molecular complexity index is 1370. The molecule has 13 heteroatoms. The van der Waals surface area contributed by atoms with E-state index in [0.29, 0.717) is 5.56 Å². The van der Waals surface area contributed by atoms with Crippen LogP contribution in [0, 0.1) is 0 Å². The number of nitrogens with one attached hydrogen (secondary N) is 1. The first-order valence-corrected chi connectivity index (χ1v) is 10.5. The first-order chi connectivity index (χ1) is 17.1. The summed E-state index contributed by atoms with van der Waals surface area (Å²) in [5.41, 5.74) is 4.38. The van der Waals surface area contributed by atoms with E-state index in [1.54, 1.807) is 18.2 Å². The van der Waals surface area contributed by atoms with E-state index in [0.717, 1.165) is 10.9 Å². The summed E-state index contributed by atoms with van der Waals surface area (Å²) in [6, 6.07) is 13.6. The molecule has 0 aliphatic carbocycles. The summed E-state index contributed by atoms with van der Waals surface area (Å²) >= 11 is 0. The fourth-order valence-electron chi connectivity index (χ4n) is 3.36. The molecule has 2 aromatic heterocycles. The fraction of sp³-hybridized carbons (Fsp3) is 0.174. The minimum atomic E-state index is -4.76. The van der Waals surface area contributed by atoms with Gasteiger partial charge in [-0.15, -0.1) is 0 Å². The van der Waals surface area contributed by atoms with Gasteiger partial charge in [0.15, 0.2) is 11.8 Å². The molecule has 4 aromatic rings. The molecular weight excluding hydrogens is 481 g/mol. The number of nitrogens with zero attached hydrogens (tertiary/aromatic N) is 4. The van der Waals surface area contributed by atoms with Crippen LogP contribution in [0.5, 0.6) is 0 Å². The van der Waals surface area contributed by atoms with Gasteiger partial charge in [0.25, 0.3) is 11.8 Å². The number of rotatable bonds is 8. The standard InChI is InChI=1S/C23H19F3N6O4/c24-23(25,26)19-16(12-29-32(19)15-4-2-1-3-5-15)22-30-20(31-36-22)14-8-6-13(7-9-14)18(34)21(35)28-11-10-17(27)33/h1-9,12,18,34H,10-11H2,(H2,27,33)(H,28,35)/t18-/m1/s1. The Balaban J connectivity index is 1.56. The van der Waals surface area contributed by atoms with Gasteiger partial charge in [-0.05, 0) is 17.7 Å². The second-order valence-electron chi connectivity index (χ2n) is 7.61. The van der Waals surface area contributed by atoms with E-state index in [4.69, 9.17) is 10.3 Å². The normalized spacial score (nSPS) is 12.3. The molecule has 2 aromatic carbocycles. The molecule has 0 aliphatic heterocycles. The Labute approximate surface area is 201 Å². The van der Waals surface area contributed by atoms with Gasteiger partial charge < -0.3 is 20.7 Å². The van der Waals surface area contributed by atoms with Crippen LogP contribution in [0.3, 0.4) is 0 Å². The lowest BCUT2D eigenvalue weighted by molar-refractivity contribution is -0.142. The molecule has 0 fully saturated rings. The molecule has 0 saturated carbocycles. The minimum Gasteiger partial charge on any atom is -0.378 e. The van der Waals surface area contributed by atoms with Crippen LogP contribution in [0.1, 0.15) is 23.8 Å². The van der Waals surface area contributed by atoms with E-state index < -0.39 is 29.8 Å². The van der Waals surface area contributed by atoms with Gasteiger partial charge in [-0.1, -0.05) is 47.6 Å². The third kappa shape index (κ3) is 5.25. The Morgan fingerprint density at radius 3 is 2.44 bits per heavy atom. The topological polar surface area (TPSA) is 149 Å². The molecule has 186 valence electrons. The predicted molar refractivity (Wildman–Crippen MR) is 119 cm³/mol. The number of aliphatic hydroxyl groups is 1. The summed E-state index contributed by atoms with van der Waals surface area (Å²) in [5, 5.41) is 20.2. The molecule has 0 bridgehead atoms. The van der Waals surface area contributed by atoms with Crippen molar-refractivity contribution in [2.75, 3.05) is 6.54 Å². The zero-order valence-electron chi connectivity index (χ0n) is 18.4. The number of benzene rings is 2. The van der Waals surface area contributed by atoms with Crippen LogP contribution in [0.2, 0.25) is 0 Å². The van der Waals surface area contributed by atoms with Crippen molar-refractivity contribution in [1.29, 1.82) is 0 Å². The second-order valence-corrected chi connectivity index (χ2v) is 7.61. The minimum absolute atomic E-state index is 0.00228. The summed E-state index contributed by atoms with van der Waals surface area (Å²) in [4.78, 5) is 26.8. The van der Waals surface area contributed by atoms with Gasteiger partial charge in [0, 0.05) is 18.5 Å². The number of halogens is 3. The van der Waals surface area contributed by atoms with Crippen molar-refractivity contribution in [3.8, 4) is 28.5 Å². The maximum absolute atomic E-state index is 13.9. The van der Waals surface area contributed by atoms with Crippen molar-refractivity contribution in [2.45, 2.75) is 18.7 Å². The number of amides is 2. The maximum Gasteiger partial charge on any atom is 0.434 e. The van der Waals surface area contributed by atoms with Gasteiger partial charge in [-0.3, -0.25) is 9.59 Å². The summed E-state index contributed by atoms with van der Waals surface area (Å²) < 4.78 is 47.6. The van der Waals surface area contributed by atoms with Crippen molar-refractivity contribution >= 4 is 11.8 Å². The highest BCUT2D eigenvalue weighted by atomic mass is 19.4. The lowest BCUT2D eigenvalue weighted by atomic mass is 10.1. The molecule has 0 aliphatic rings. The van der Waals surface area contributed by atoms with Crippen molar-refractivity contribution in [2.24, 2.45) is 5.73 Å². The molecule has 2 heterocycles. The largest absolute Gasteiger partial charge is 0.434 e. The summed E-state index contributed by atoms with van der Waals surface area (Å²) in [6.45, 7) is -0.0181. The van der Waals surface area contributed by atoms with Crippen LogP contribution in [-0.4, -0.2) is 43.4 Å². The molecule has 0 spiro atoms. The van der Waals surface area contributed by atoms with Crippen molar-refractivity contribution in [3.63, 3.8) is 0 Å². The zero-order chi connectivity index (χ0) is 25.9. The first-order valence-electron chi connectivity index (χ1n) is 10.5. The van der Waals surface area contributed by atoms with Gasteiger partial charge in [0.1, 0.15) is 0 Å². The number of carbonyl (C=O) groups is 2. The van der Waals surface area contributed by atoms with Crippen LogP contribution >= 0.6 is 0 Å². The number of para-hydroxylation sites is 1. The van der Waals surface area contributed by atoms with Crippen LogP contribution in [0.15, 0.2) is 65.3 Å². The quantitative estimate of drug-likeness (QED) is 0.337. The number of hydrogen-bond acceptors (Lipinski definition) is 7. The Morgan fingerprint density at radius 1 is 1.11 bits per heavy atom. The highest BCUT2D eigenvalue weighted by Gasteiger charge is 2.40. The third-order valence-corrected chi connectivity index (χ3v) is 5.10. The summed E-state index contributed by atoms with van der Waals surface area (Å²) in [7, 11) is 0.